The summed E-state index contributed by atoms with van der Waals surface area (Å²) in [7, 11) is 0. The zero-order valence-electron chi connectivity index (χ0n) is 8.69. The van der Waals surface area contributed by atoms with Crippen molar-refractivity contribution in [1.82, 2.24) is 4.98 Å². The van der Waals surface area contributed by atoms with Crippen LogP contribution >= 0.6 is 0 Å². The Hall–Kier alpha value is -1.22. The molecule has 1 unspecified atom stereocenters. The number of Topliss-reactive ketones (excluding diaryl/α,β-unsaturated/α-hetero) is 1. The lowest BCUT2D eigenvalue weighted by molar-refractivity contribution is -0.120. The second-order valence-corrected chi connectivity index (χ2v) is 3.91. The lowest BCUT2D eigenvalue weighted by Gasteiger charge is -2.07. The van der Waals surface area contributed by atoms with E-state index in [2.05, 4.69) is 4.98 Å². The first-order chi connectivity index (χ1) is 7.34. The van der Waals surface area contributed by atoms with Crippen molar-refractivity contribution in [3.05, 3.63) is 30.1 Å². The Morgan fingerprint density at radius 2 is 2.27 bits per heavy atom. The second-order valence-electron chi connectivity index (χ2n) is 3.91. The van der Waals surface area contributed by atoms with Gasteiger partial charge in [0.15, 0.2) is 0 Å². The van der Waals surface area contributed by atoms with Gasteiger partial charge in [-0.05, 0) is 30.5 Å². The first kappa shape index (κ1) is 10.3. The molecule has 0 aromatic carbocycles. The molecule has 0 N–H and O–H groups in total. The fraction of sp³-hybridized carbons (Fsp3) is 0.500. The first-order valence-corrected chi connectivity index (χ1v) is 5.37. The molecule has 1 aliphatic rings. The highest BCUT2D eigenvalue weighted by atomic mass is 16.5. The van der Waals surface area contributed by atoms with E-state index in [1.165, 1.54) is 0 Å². The van der Waals surface area contributed by atoms with Gasteiger partial charge >= 0.3 is 0 Å². The Balaban J connectivity index is 1.82. The van der Waals surface area contributed by atoms with E-state index < -0.39 is 0 Å². The Labute approximate surface area is 89.5 Å². The van der Waals surface area contributed by atoms with Crippen LogP contribution in [-0.2, 0) is 16.0 Å². The number of carbonyl (C=O) groups excluding carboxylic acids is 1. The van der Waals surface area contributed by atoms with Crippen LogP contribution in [0.25, 0.3) is 0 Å². The summed E-state index contributed by atoms with van der Waals surface area (Å²) in [6, 6.07) is 3.76. The molecule has 3 nitrogen and oxygen atoms in total. The summed E-state index contributed by atoms with van der Waals surface area (Å²) in [6.07, 6.45) is 6.78. The molecule has 0 bridgehead atoms. The van der Waals surface area contributed by atoms with E-state index in [1.807, 2.05) is 12.1 Å². The molecule has 15 heavy (non-hydrogen) atoms. The van der Waals surface area contributed by atoms with E-state index >= 15 is 0 Å². The number of nitrogens with zero attached hydrogens (tertiary/aromatic N) is 1. The van der Waals surface area contributed by atoms with Crippen LogP contribution in [0.15, 0.2) is 24.5 Å². The number of carbonyl (C=O) groups is 1. The third-order valence-corrected chi connectivity index (χ3v) is 2.63. The minimum atomic E-state index is 0.166. The molecule has 0 saturated carbocycles. The lowest BCUT2D eigenvalue weighted by atomic mass is 10.0. The van der Waals surface area contributed by atoms with Crippen molar-refractivity contribution in [3.63, 3.8) is 0 Å². The predicted octanol–water partition coefficient (Wildman–Crippen LogP) is 1.76. The minimum absolute atomic E-state index is 0.166. The average molecular weight is 205 g/mol. The van der Waals surface area contributed by atoms with Gasteiger partial charge in [0.05, 0.1) is 6.10 Å². The second kappa shape index (κ2) is 5.03. The summed E-state index contributed by atoms with van der Waals surface area (Å²) in [5.41, 5.74) is 1.04. The van der Waals surface area contributed by atoms with E-state index in [0.29, 0.717) is 12.8 Å². The molecule has 1 aliphatic heterocycles. The zero-order valence-corrected chi connectivity index (χ0v) is 8.69. The number of ketones is 1. The van der Waals surface area contributed by atoms with Gasteiger partial charge < -0.3 is 4.74 Å². The van der Waals surface area contributed by atoms with Gasteiger partial charge in [-0.25, -0.2) is 0 Å². The van der Waals surface area contributed by atoms with Crippen LogP contribution in [0.1, 0.15) is 24.8 Å². The molecule has 0 aliphatic carbocycles. The van der Waals surface area contributed by atoms with E-state index in [4.69, 9.17) is 4.74 Å². The molecule has 1 aromatic rings. The SMILES string of the molecule is O=C(Cc1ccncc1)CC1CCCO1. The summed E-state index contributed by atoms with van der Waals surface area (Å²) in [4.78, 5) is 15.6. The highest BCUT2D eigenvalue weighted by Crippen LogP contribution is 2.16. The van der Waals surface area contributed by atoms with Crippen molar-refractivity contribution in [2.75, 3.05) is 6.61 Å². The highest BCUT2D eigenvalue weighted by Gasteiger charge is 2.18. The summed E-state index contributed by atoms with van der Waals surface area (Å²) in [5, 5.41) is 0. The molecule has 3 heteroatoms. The van der Waals surface area contributed by atoms with Crippen LogP contribution in [0.2, 0.25) is 0 Å². The number of hydrogen-bond donors (Lipinski definition) is 0. The fourth-order valence-electron chi connectivity index (χ4n) is 1.86. The third-order valence-electron chi connectivity index (χ3n) is 2.63. The third kappa shape index (κ3) is 3.13. The number of ether oxygens (including phenoxy) is 1. The van der Waals surface area contributed by atoms with Crippen molar-refractivity contribution >= 4 is 5.78 Å². The molecule has 0 amide bonds. The Morgan fingerprint density at radius 1 is 1.47 bits per heavy atom. The van der Waals surface area contributed by atoms with Crippen LogP contribution in [0, 0.1) is 0 Å². The van der Waals surface area contributed by atoms with Crippen molar-refractivity contribution in [2.45, 2.75) is 31.8 Å². The van der Waals surface area contributed by atoms with Gasteiger partial charge in [0.1, 0.15) is 5.78 Å². The van der Waals surface area contributed by atoms with Crippen molar-refractivity contribution < 1.29 is 9.53 Å². The Kier molecular flexibility index (Phi) is 3.45. The van der Waals surface area contributed by atoms with E-state index in [-0.39, 0.29) is 11.9 Å². The molecule has 0 spiro atoms. The van der Waals surface area contributed by atoms with E-state index in [1.54, 1.807) is 12.4 Å². The van der Waals surface area contributed by atoms with Gasteiger partial charge in [0.2, 0.25) is 0 Å². The Morgan fingerprint density at radius 3 is 2.93 bits per heavy atom. The number of aromatic nitrogens is 1. The molecule has 1 fully saturated rings. The summed E-state index contributed by atoms with van der Waals surface area (Å²) < 4.78 is 5.43. The molecule has 0 radical (unpaired) electrons. The maximum absolute atomic E-state index is 11.7. The maximum Gasteiger partial charge on any atom is 0.139 e. The van der Waals surface area contributed by atoms with Crippen LogP contribution in [0.4, 0.5) is 0 Å². The van der Waals surface area contributed by atoms with Gasteiger partial charge in [0.25, 0.3) is 0 Å². The molecule has 1 atom stereocenters. The molecule has 2 rings (SSSR count). The van der Waals surface area contributed by atoms with Crippen molar-refractivity contribution in [3.8, 4) is 0 Å². The molecule has 80 valence electrons. The normalized spacial score (nSPS) is 20.4. The quantitative estimate of drug-likeness (QED) is 0.752. The molecule has 2 heterocycles. The van der Waals surface area contributed by atoms with Crippen LogP contribution in [-0.4, -0.2) is 23.5 Å². The van der Waals surface area contributed by atoms with Crippen LogP contribution < -0.4 is 0 Å². The van der Waals surface area contributed by atoms with Crippen molar-refractivity contribution in [1.29, 1.82) is 0 Å². The molecule has 1 saturated heterocycles. The summed E-state index contributed by atoms with van der Waals surface area (Å²) in [6.45, 7) is 0.813. The topological polar surface area (TPSA) is 39.2 Å². The zero-order chi connectivity index (χ0) is 10.5. The minimum Gasteiger partial charge on any atom is -0.378 e. The van der Waals surface area contributed by atoms with Crippen LogP contribution in [0.5, 0.6) is 0 Å². The van der Waals surface area contributed by atoms with Gasteiger partial charge in [-0.2, -0.15) is 0 Å². The van der Waals surface area contributed by atoms with Crippen LogP contribution in [0.3, 0.4) is 0 Å². The van der Waals surface area contributed by atoms with E-state index in [0.717, 1.165) is 25.0 Å². The van der Waals surface area contributed by atoms with Crippen molar-refractivity contribution in [2.24, 2.45) is 0 Å². The monoisotopic (exact) mass is 205 g/mol. The standard InChI is InChI=1S/C12H15NO2/c14-11(9-12-2-1-7-15-12)8-10-3-5-13-6-4-10/h3-6,12H,1-2,7-9H2. The lowest BCUT2D eigenvalue weighted by Crippen LogP contribution is -2.14. The fourth-order valence-corrected chi connectivity index (χ4v) is 1.86. The molecular weight excluding hydrogens is 190 g/mol. The molecular formula is C12H15NO2. The smallest absolute Gasteiger partial charge is 0.139 e. The maximum atomic E-state index is 11.7. The molecule has 1 aromatic heterocycles. The van der Waals surface area contributed by atoms with Gasteiger partial charge in [-0.15, -0.1) is 0 Å². The number of rotatable bonds is 4. The van der Waals surface area contributed by atoms with Gasteiger partial charge in [-0.3, -0.25) is 9.78 Å². The van der Waals surface area contributed by atoms with Gasteiger partial charge in [-0.1, -0.05) is 0 Å². The van der Waals surface area contributed by atoms with E-state index in [9.17, 15) is 4.79 Å². The summed E-state index contributed by atoms with van der Waals surface area (Å²) >= 11 is 0. The predicted molar refractivity (Wildman–Crippen MR) is 56.5 cm³/mol. The average Bonchev–Trinajstić information content (AvgIpc) is 2.71. The largest absolute Gasteiger partial charge is 0.378 e. The van der Waals surface area contributed by atoms with Gasteiger partial charge in [0, 0.05) is 31.8 Å². The number of pyridine rings is 1. The number of hydrogen-bond acceptors (Lipinski definition) is 3. The summed E-state index contributed by atoms with van der Waals surface area (Å²) in [5.74, 6) is 0.258. The Bertz CT molecular complexity index is 318. The first-order valence-electron chi connectivity index (χ1n) is 5.37. The highest BCUT2D eigenvalue weighted by molar-refractivity contribution is 5.81.